The van der Waals surface area contributed by atoms with E-state index in [1.165, 1.54) is 13.4 Å². The number of nitrogens with zero attached hydrogens (tertiary/aromatic N) is 2. The number of carbonyl (C=O) groups is 1. The summed E-state index contributed by atoms with van der Waals surface area (Å²) in [4.78, 5) is 15.6. The minimum Gasteiger partial charge on any atom is -0.465 e. The summed E-state index contributed by atoms with van der Waals surface area (Å²) in [5.41, 5.74) is 1.52. The van der Waals surface area contributed by atoms with Gasteiger partial charge in [-0.1, -0.05) is 18.2 Å². The van der Waals surface area contributed by atoms with E-state index in [0.717, 1.165) is 24.4 Å². The van der Waals surface area contributed by atoms with E-state index in [-0.39, 0.29) is 5.97 Å². The predicted molar refractivity (Wildman–Crippen MR) is 69.6 cm³/mol. The Labute approximate surface area is 111 Å². The maximum Gasteiger partial charge on any atom is 0.338 e. The van der Waals surface area contributed by atoms with E-state index in [1.807, 2.05) is 18.2 Å². The Hall–Kier alpha value is -2.21. The second-order valence-corrected chi connectivity index (χ2v) is 4.01. The van der Waals surface area contributed by atoms with Crippen LogP contribution < -0.4 is 5.32 Å². The van der Waals surface area contributed by atoms with Crippen molar-refractivity contribution in [3.05, 3.63) is 47.5 Å². The molecule has 2 aromatic rings. The van der Waals surface area contributed by atoms with E-state index >= 15 is 0 Å². The van der Waals surface area contributed by atoms with Crippen molar-refractivity contribution < 1.29 is 9.53 Å². The van der Waals surface area contributed by atoms with Crippen molar-refractivity contribution in [1.82, 2.24) is 20.5 Å². The Morgan fingerprint density at radius 2 is 2.26 bits per heavy atom. The van der Waals surface area contributed by atoms with E-state index in [2.05, 4.69) is 20.5 Å². The highest BCUT2D eigenvalue weighted by Gasteiger charge is 2.10. The molecule has 0 saturated heterocycles. The van der Waals surface area contributed by atoms with Crippen molar-refractivity contribution in [2.75, 3.05) is 13.7 Å². The maximum absolute atomic E-state index is 11.6. The standard InChI is InChI=1S/C13H16N4O2/c1-19-13(18)11-5-3-2-4-10(11)8-14-7-6-12-15-9-16-17-12/h2-5,9,14H,6-8H2,1H3,(H,15,16,17). The fourth-order valence-corrected chi connectivity index (χ4v) is 1.76. The van der Waals surface area contributed by atoms with E-state index < -0.39 is 0 Å². The first-order valence-corrected chi connectivity index (χ1v) is 6.02. The summed E-state index contributed by atoms with van der Waals surface area (Å²) in [5, 5.41) is 9.85. The zero-order valence-corrected chi connectivity index (χ0v) is 10.7. The van der Waals surface area contributed by atoms with Crippen LogP contribution in [0.2, 0.25) is 0 Å². The van der Waals surface area contributed by atoms with Gasteiger partial charge in [0.2, 0.25) is 0 Å². The zero-order valence-electron chi connectivity index (χ0n) is 10.7. The van der Waals surface area contributed by atoms with Gasteiger partial charge in [-0.25, -0.2) is 9.78 Å². The highest BCUT2D eigenvalue weighted by atomic mass is 16.5. The lowest BCUT2D eigenvalue weighted by Gasteiger charge is -2.08. The molecule has 0 aliphatic heterocycles. The number of benzene rings is 1. The molecule has 0 fully saturated rings. The third-order valence-corrected chi connectivity index (χ3v) is 2.74. The zero-order chi connectivity index (χ0) is 13.5. The van der Waals surface area contributed by atoms with Crippen LogP contribution >= 0.6 is 0 Å². The molecule has 100 valence electrons. The van der Waals surface area contributed by atoms with Crippen molar-refractivity contribution in [2.45, 2.75) is 13.0 Å². The number of hydrogen-bond acceptors (Lipinski definition) is 5. The van der Waals surface area contributed by atoms with Gasteiger partial charge in [0.05, 0.1) is 12.7 Å². The van der Waals surface area contributed by atoms with Gasteiger partial charge in [-0.2, -0.15) is 5.10 Å². The number of rotatable bonds is 6. The molecule has 6 nitrogen and oxygen atoms in total. The van der Waals surface area contributed by atoms with Gasteiger partial charge in [-0.3, -0.25) is 5.10 Å². The molecule has 6 heteroatoms. The third kappa shape index (κ3) is 3.62. The molecule has 0 amide bonds. The van der Waals surface area contributed by atoms with Gasteiger partial charge in [-0.05, 0) is 11.6 Å². The minimum absolute atomic E-state index is 0.312. The number of ether oxygens (including phenoxy) is 1. The van der Waals surface area contributed by atoms with Crippen LogP contribution in [0.25, 0.3) is 0 Å². The fourth-order valence-electron chi connectivity index (χ4n) is 1.76. The number of aromatic amines is 1. The first-order valence-electron chi connectivity index (χ1n) is 6.02. The highest BCUT2D eigenvalue weighted by Crippen LogP contribution is 2.09. The molecule has 0 bridgehead atoms. The third-order valence-electron chi connectivity index (χ3n) is 2.74. The average molecular weight is 260 g/mol. The molecule has 1 aromatic carbocycles. The van der Waals surface area contributed by atoms with Crippen LogP contribution in [0.5, 0.6) is 0 Å². The number of H-pyrrole nitrogens is 1. The lowest BCUT2D eigenvalue weighted by Crippen LogP contribution is -2.19. The molecule has 19 heavy (non-hydrogen) atoms. The molecular formula is C13H16N4O2. The summed E-state index contributed by atoms with van der Waals surface area (Å²) >= 11 is 0. The van der Waals surface area contributed by atoms with Crippen molar-refractivity contribution in [3.63, 3.8) is 0 Å². The van der Waals surface area contributed by atoms with Gasteiger partial charge in [0, 0.05) is 19.5 Å². The Bertz CT molecular complexity index is 525. The van der Waals surface area contributed by atoms with E-state index in [0.29, 0.717) is 12.1 Å². The summed E-state index contributed by atoms with van der Waals surface area (Å²) in [6.45, 7) is 1.37. The Morgan fingerprint density at radius 1 is 1.42 bits per heavy atom. The van der Waals surface area contributed by atoms with Gasteiger partial charge in [-0.15, -0.1) is 0 Å². The van der Waals surface area contributed by atoms with Gasteiger partial charge >= 0.3 is 5.97 Å². The van der Waals surface area contributed by atoms with Crippen LogP contribution in [0.4, 0.5) is 0 Å². The monoisotopic (exact) mass is 260 g/mol. The van der Waals surface area contributed by atoms with Crippen LogP contribution in [0.15, 0.2) is 30.6 Å². The first kappa shape index (κ1) is 13.2. The summed E-state index contributed by atoms with van der Waals surface area (Å²) in [5.74, 6) is 0.529. The number of carbonyl (C=O) groups excluding carboxylic acids is 1. The molecule has 2 rings (SSSR count). The molecule has 0 unspecified atom stereocenters. The number of hydrogen-bond donors (Lipinski definition) is 2. The van der Waals surface area contributed by atoms with Crippen molar-refractivity contribution in [3.8, 4) is 0 Å². The second kappa shape index (κ2) is 6.65. The quantitative estimate of drug-likeness (QED) is 0.596. The van der Waals surface area contributed by atoms with Gasteiger partial charge in [0.15, 0.2) is 0 Å². The van der Waals surface area contributed by atoms with Gasteiger partial charge in [0.25, 0.3) is 0 Å². The van der Waals surface area contributed by atoms with Crippen molar-refractivity contribution in [2.24, 2.45) is 0 Å². The van der Waals surface area contributed by atoms with Crippen LogP contribution in [-0.2, 0) is 17.7 Å². The first-order chi connectivity index (χ1) is 9.31. The lowest BCUT2D eigenvalue weighted by atomic mass is 10.1. The normalized spacial score (nSPS) is 10.4. The second-order valence-electron chi connectivity index (χ2n) is 4.01. The number of aromatic nitrogens is 3. The van der Waals surface area contributed by atoms with E-state index in [1.54, 1.807) is 6.07 Å². The number of nitrogens with one attached hydrogen (secondary N) is 2. The van der Waals surface area contributed by atoms with Crippen molar-refractivity contribution >= 4 is 5.97 Å². The minimum atomic E-state index is -0.312. The summed E-state index contributed by atoms with van der Waals surface area (Å²) in [7, 11) is 1.39. The van der Waals surface area contributed by atoms with Crippen LogP contribution in [0.1, 0.15) is 21.7 Å². The Morgan fingerprint density at radius 3 is 3.00 bits per heavy atom. The highest BCUT2D eigenvalue weighted by molar-refractivity contribution is 5.90. The fraction of sp³-hybridized carbons (Fsp3) is 0.308. The van der Waals surface area contributed by atoms with Gasteiger partial charge in [0.1, 0.15) is 12.2 Å². The van der Waals surface area contributed by atoms with Crippen LogP contribution in [0, 0.1) is 0 Å². The van der Waals surface area contributed by atoms with E-state index in [9.17, 15) is 4.79 Å². The Kier molecular flexibility index (Phi) is 4.63. The molecule has 0 aliphatic carbocycles. The van der Waals surface area contributed by atoms with E-state index in [4.69, 9.17) is 4.74 Å². The molecule has 0 atom stereocenters. The smallest absolute Gasteiger partial charge is 0.338 e. The lowest BCUT2D eigenvalue weighted by molar-refractivity contribution is 0.0599. The Balaban J connectivity index is 1.87. The summed E-state index contributed by atoms with van der Waals surface area (Å²) in [6, 6.07) is 7.40. The molecule has 1 heterocycles. The van der Waals surface area contributed by atoms with Crippen LogP contribution in [0.3, 0.4) is 0 Å². The SMILES string of the molecule is COC(=O)c1ccccc1CNCCc1ncn[nH]1. The molecule has 2 N–H and O–H groups in total. The molecule has 0 saturated carbocycles. The largest absolute Gasteiger partial charge is 0.465 e. The molecule has 0 radical (unpaired) electrons. The molecular weight excluding hydrogens is 244 g/mol. The molecule has 0 aliphatic rings. The molecule has 1 aromatic heterocycles. The van der Waals surface area contributed by atoms with Gasteiger partial charge < -0.3 is 10.1 Å². The summed E-state index contributed by atoms with van der Waals surface area (Å²) in [6.07, 6.45) is 2.25. The topological polar surface area (TPSA) is 79.9 Å². The maximum atomic E-state index is 11.6. The average Bonchev–Trinajstić information content (AvgIpc) is 2.96. The molecule has 0 spiro atoms. The number of esters is 1. The number of methoxy groups -OCH3 is 1. The van der Waals surface area contributed by atoms with Crippen molar-refractivity contribution in [1.29, 1.82) is 0 Å². The summed E-state index contributed by atoms with van der Waals surface area (Å²) < 4.78 is 4.75. The van der Waals surface area contributed by atoms with Crippen LogP contribution in [-0.4, -0.2) is 34.8 Å². The predicted octanol–water partition coefficient (Wildman–Crippen LogP) is 0.924.